The van der Waals surface area contributed by atoms with Crippen molar-refractivity contribution in [3.8, 4) is 0 Å². The van der Waals surface area contributed by atoms with Crippen molar-refractivity contribution in [1.29, 1.82) is 0 Å². The molecule has 5 nitrogen and oxygen atoms in total. The van der Waals surface area contributed by atoms with Gasteiger partial charge >= 0.3 is 0 Å². The minimum Gasteiger partial charge on any atom is -0.352 e. The predicted octanol–water partition coefficient (Wildman–Crippen LogP) is 3.18. The van der Waals surface area contributed by atoms with Gasteiger partial charge in [0.15, 0.2) is 0 Å². The number of aryl methyl sites for hydroxylation is 1. The third-order valence-corrected chi connectivity index (χ3v) is 4.84. The van der Waals surface area contributed by atoms with Crippen molar-refractivity contribution in [3.05, 3.63) is 59.7 Å². The molecule has 0 saturated heterocycles. The van der Waals surface area contributed by atoms with Crippen LogP contribution in [0.1, 0.15) is 29.8 Å². The molecule has 6 heteroatoms. The molecule has 0 bridgehead atoms. The molecule has 0 heterocycles. The van der Waals surface area contributed by atoms with Gasteiger partial charge in [-0.05, 0) is 48.7 Å². The van der Waals surface area contributed by atoms with E-state index in [1.54, 1.807) is 43.3 Å². The zero-order valence-corrected chi connectivity index (χ0v) is 14.9. The number of sulfonamides is 1. The van der Waals surface area contributed by atoms with Crippen LogP contribution in [0.25, 0.3) is 0 Å². The van der Waals surface area contributed by atoms with Crippen LogP contribution in [0.5, 0.6) is 0 Å². The third kappa shape index (κ3) is 4.58. The number of amides is 1. The van der Waals surface area contributed by atoms with E-state index in [-0.39, 0.29) is 10.8 Å². The monoisotopic (exact) mass is 346 g/mol. The van der Waals surface area contributed by atoms with E-state index in [1.165, 1.54) is 12.1 Å². The fourth-order valence-corrected chi connectivity index (χ4v) is 3.27. The van der Waals surface area contributed by atoms with Gasteiger partial charge in [0.25, 0.3) is 15.9 Å². The van der Waals surface area contributed by atoms with E-state index in [0.29, 0.717) is 29.3 Å². The summed E-state index contributed by atoms with van der Waals surface area (Å²) in [6.07, 6.45) is 0. The van der Waals surface area contributed by atoms with Crippen LogP contribution in [-0.4, -0.2) is 20.9 Å². The maximum absolute atomic E-state index is 12.4. The van der Waals surface area contributed by atoms with Gasteiger partial charge in [-0.1, -0.05) is 32.0 Å². The molecule has 0 aromatic heterocycles. The lowest BCUT2D eigenvalue weighted by atomic mass is 10.1. The molecule has 0 spiro atoms. The molecule has 24 heavy (non-hydrogen) atoms. The summed E-state index contributed by atoms with van der Waals surface area (Å²) in [6, 6.07) is 13.1. The van der Waals surface area contributed by atoms with Crippen LogP contribution >= 0.6 is 0 Å². The lowest BCUT2D eigenvalue weighted by Crippen LogP contribution is -2.27. The van der Waals surface area contributed by atoms with Crippen molar-refractivity contribution >= 4 is 21.6 Å². The minimum atomic E-state index is -3.64. The average Bonchev–Trinajstić information content (AvgIpc) is 2.55. The summed E-state index contributed by atoms with van der Waals surface area (Å²) in [5.41, 5.74) is 1.65. The van der Waals surface area contributed by atoms with E-state index in [0.717, 1.165) is 0 Å². The molecule has 1 amide bonds. The van der Waals surface area contributed by atoms with Crippen molar-refractivity contribution in [3.63, 3.8) is 0 Å². The highest BCUT2D eigenvalue weighted by atomic mass is 32.2. The van der Waals surface area contributed by atoms with Gasteiger partial charge in [-0.3, -0.25) is 9.52 Å². The Morgan fingerprint density at radius 2 is 1.75 bits per heavy atom. The molecule has 0 aliphatic rings. The molecule has 0 saturated carbocycles. The Hall–Kier alpha value is -2.34. The second-order valence-corrected chi connectivity index (χ2v) is 7.73. The summed E-state index contributed by atoms with van der Waals surface area (Å²) >= 11 is 0. The maximum Gasteiger partial charge on any atom is 0.261 e. The van der Waals surface area contributed by atoms with Gasteiger partial charge < -0.3 is 5.32 Å². The van der Waals surface area contributed by atoms with Crippen molar-refractivity contribution in [1.82, 2.24) is 5.32 Å². The molecule has 2 aromatic carbocycles. The fourth-order valence-electron chi connectivity index (χ4n) is 2.12. The quantitative estimate of drug-likeness (QED) is 0.843. The van der Waals surface area contributed by atoms with Gasteiger partial charge in [-0.2, -0.15) is 0 Å². The van der Waals surface area contributed by atoms with Gasteiger partial charge in [0.05, 0.1) is 10.6 Å². The first kappa shape index (κ1) is 18.0. The van der Waals surface area contributed by atoms with Crippen LogP contribution in [0.15, 0.2) is 53.4 Å². The zero-order valence-electron chi connectivity index (χ0n) is 14.0. The molecular weight excluding hydrogens is 324 g/mol. The summed E-state index contributed by atoms with van der Waals surface area (Å²) in [4.78, 5) is 12.3. The van der Waals surface area contributed by atoms with Crippen LogP contribution in [-0.2, 0) is 10.0 Å². The maximum atomic E-state index is 12.4. The highest BCUT2D eigenvalue weighted by Crippen LogP contribution is 2.21. The minimum absolute atomic E-state index is 0.163. The van der Waals surface area contributed by atoms with Crippen molar-refractivity contribution in [2.45, 2.75) is 25.7 Å². The van der Waals surface area contributed by atoms with E-state index in [2.05, 4.69) is 10.0 Å². The summed E-state index contributed by atoms with van der Waals surface area (Å²) in [5.74, 6) is 0.205. The van der Waals surface area contributed by atoms with E-state index in [4.69, 9.17) is 0 Å². The van der Waals surface area contributed by atoms with E-state index in [1.807, 2.05) is 13.8 Å². The standard InChI is InChI=1S/C18H22N2O3S/c1-13(2)12-19-18(21)15-9-10-17(14(3)11-15)20-24(22,23)16-7-5-4-6-8-16/h4-11,13,20H,12H2,1-3H3,(H,19,21). The Kier molecular flexibility index (Phi) is 5.62. The molecular formula is C18H22N2O3S. The summed E-state index contributed by atoms with van der Waals surface area (Å²) in [5, 5.41) is 2.84. The predicted molar refractivity (Wildman–Crippen MR) is 95.6 cm³/mol. The Labute approximate surface area is 143 Å². The average molecular weight is 346 g/mol. The largest absolute Gasteiger partial charge is 0.352 e. The number of anilines is 1. The Morgan fingerprint density at radius 3 is 2.33 bits per heavy atom. The fraction of sp³-hybridized carbons (Fsp3) is 0.278. The van der Waals surface area contributed by atoms with Gasteiger partial charge in [0, 0.05) is 12.1 Å². The number of nitrogens with one attached hydrogen (secondary N) is 2. The first-order valence-corrected chi connectivity index (χ1v) is 9.24. The molecule has 2 aromatic rings. The van der Waals surface area contributed by atoms with E-state index >= 15 is 0 Å². The summed E-state index contributed by atoms with van der Waals surface area (Å²) < 4.78 is 27.3. The van der Waals surface area contributed by atoms with Gasteiger partial charge in [-0.25, -0.2) is 8.42 Å². The topological polar surface area (TPSA) is 75.3 Å². The van der Waals surface area contributed by atoms with Crippen LogP contribution in [0, 0.1) is 12.8 Å². The molecule has 0 fully saturated rings. The van der Waals surface area contributed by atoms with Crippen LogP contribution < -0.4 is 10.0 Å². The zero-order chi connectivity index (χ0) is 17.7. The lowest BCUT2D eigenvalue weighted by molar-refractivity contribution is 0.0949. The summed E-state index contributed by atoms with van der Waals surface area (Å²) in [6.45, 7) is 6.41. The number of carbonyl (C=O) groups is 1. The lowest BCUT2D eigenvalue weighted by Gasteiger charge is -2.12. The number of carbonyl (C=O) groups excluding carboxylic acids is 1. The number of rotatable bonds is 6. The normalized spacial score (nSPS) is 11.3. The molecule has 2 rings (SSSR count). The van der Waals surface area contributed by atoms with E-state index in [9.17, 15) is 13.2 Å². The first-order valence-electron chi connectivity index (χ1n) is 7.76. The molecule has 0 radical (unpaired) electrons. The number of hydrogen-bond acceptors (Lipinski definition) is 3. The van der Waals surface area contributed by atoms with Gasteiger partial charge in [0.2, 0.25) is 0 Å². The van der Waals surface area contributed by atoms with Gasteiger partial charge in [-0.15, -0.1) is 0 Å². The van der Waals surface area contributed by atoms with Gasteiger partial charge in [0.1, 0.15) is 0 Å². The molecule has 0 unspecified atom stereocenters. The molecule has 0 atom stereocenters. The first-order chi connectivity index (χ1) is 11.3. The molecule has 128 valence electrons. The van der Waals surface area contributed by atoms with Crippen molar-refractivity contribution in [2.75, 3.05) is 11.3 Å². The molecule has 0 aliphatic heterocycles. The Balaban J connectivity index is 2.17. The third-order valence-electron chi connectivity index (χ3n) is 3.46. The summed E-state index contributed by atoms with van der Waals surface area (Å²) in [7, 11) is -3.64. The van der Waals surface area contributed by atoms with E-state index < -0.39 is 10.0 Å². The highest BCUT2D eigenvalue weighted by molar-refractivity contribution is 7.92. The Bertz CT molecular complexity index is 815. The van der Waals surface area contributed by atoms with Crippen LogP contribution in [0.2, 0.25) is 0 Å². The van der Waals surface area contributed by atoms with Crippen molar-refractivity contribution in [2.24, 2.45) is 5.92 Å². The molecule has 0 aliphatic carbocycles. The second-order valence-electron chi connectivity index (χ2n) is 6.05. The van der Waals surface area contributed by atoms with Crippen LogP contribution in [0.3, 0.4) is 0 Å². The second kappa shape index (κ2) is 7.49. The molecule has 2 N–H and O–H groups in total. The SMILES string of the molecule is Cc1cc(C(=O)NCC(C)C)ccc1NS(=O)(=O)c1ccccc1. The highest BCUT2D eigenvalue weighted by Gasteiger charge is 2.15. The number of benzene rings is 2. The Morgan fingerprint density at radius 1 is 1.08 bits per heavy atom. The smallest absolute Gasteiger partial charge is 0.261 e. The number of hydrogen-bond donors (Lipinski definition) is 2. The van der Waals surface area contributed by atoms with Crippen molar-refractivity contribution < 1.29 is 13.2 Å². The van der Waals surface area contributed by atoms with Crippen LogP contribution in [0.4, 0.5) is 5.69 Å².